The second-order valence-electron chi connectivity index (χ2n) is 4.18. The summed E-state index contributed by atoms with van der Waals surface area (Å²) in [5.74, 6) is 5.59. The van der Waals surface area contributed by atoms with E-state index < -0.39 is 0 Å². The number of carbonyl (C=O) groups excluding carboxylic acids is 1. The number of nitrogens with two attached hydrogens (primary N) is 1. The second-order valence-corrected chi connectivity index (χ2v) is 4.18. The van der Waals surface area contributed by atoms with Gasteiger partial charge in [0.05, 0.1) is 18.1 Å². The molecule has 0 saturated heterocycles. The third kappa shape index (κ3) is 2.57. The molecule has 0 bridgehead atoms. The molecule has 1 saturated carbocycles. The normalized spacial score (nSPS) is 13.8. The molecule has 0 unspecified atom stereocenters. The summed E-state index contributed by atoms with van der Waals surface area (Å²) < 4.78 is 0. The maximum atomic E-state index is 12.4. The summed E-state index contributed by atoms with van der Waals surface area (Å²) in [5.41, 5.74) is 2.87. The van der Waals surface area contributed by atoms with E-state index in [0.717, 1.165) is 12.8 Å². The molecule has 94 valence electrons. The molecule has 6 nitrogen and oxygen atoms in total. The van der Waals surface area contributed by atoms with E-state index in [2.05, 4.69) is 16.5 Å². The van der Waals surface area contributed by atoms with Gasteiger partial charge in [-0.2, -0.15) is 5.26 Å². The maximum Gasteiger partial charge on any atom is 0.257 e. The largest absolute Gasteiger partial charge is 0.335 e. The Kier molecular flexibility index (Phi) is 3.75. The predicted octanol–water partition coefficient (Wildman–Crippen LogP) is 0.885. The molecule has 0 aliphatic heterocycles. The Hall–Kier alpha value is -2.13. The topological polar surface area (TPSA) is 95.0 Å². The Labute approximate surface area is 105 Å². The van der Waals surface area contributed by atoms with Crippen LogP contribution in [-0.4, -0.2) is 28.4 Å². The highest BCUT2D eigenvalue weighted by Crippen LogP contribution is 2.29. The number of aromatic nitrogens is 1. The Bertz CT molecular complexity index is 478. The molecular formula is C12H15N5O. The van der Waals surface area contributed by atoms with Gasteiger partial charge in [-0.3, -0.25) is 4.79 Å². The summed E-state index contributed by atoms with van der Waals surface area (Å²) in [7, 11) is 0. The lowest BCUT2D eigenvalue weighted by atomic mass is 10.2. The van der Waals surface area contributed by atoms with E-state index in [-0.39, 0.29) is 11.9 Å². The van der Waals surface area contributed by atoms with Gasteiger partial charge >= 0.3 is 0 Å². The number of pyridine rings is 1. The highest BCUT2D eigenvalue weighted by molar-refractivity contribution is 5.99. The zero-order valence-electron chi connectivity index (χ0n) is 9.97. The quantitative estimate of drug-likeness (QED) is 0.593. The highest BCUT2D eigenvalue weighted by Gasteiger charge is 2.33. The number of nitrogens with one attached hydrogen (secondary N) is 1. The molecule has 1 aromatic rings. The minimum atomic E-state index is -0.117. The number of hydrazine groups is 1. The van der Waals surface area contributed by atoms with Crippen LogP contribution >= 0.6 is 0 Å². The Morgan fingerprint density at radius 1 is 1.67 bits per heavy atom. The molecule has 0 aromatic carbocycles. The highest BCUT2D eigenvalue weighted by atomic mass is 16.2. The van der Waals surface area contributed by atoms with Crippen molar-refractivity contribution >= 4 is 11.7 Å². The summed E-state index contributed by atoms with van der Waals surface area (Å²) in [6, 6.07) is 5.71. The van der Waals surface area contributed by atoms with Crippen LogP contribution in [0.3, 0.4) is 0 Å². The van der Waals surface area contributed by atoms with Crippen LogP contribution in [-0.2, 0) is 0 Å². The summed E-state index contributed by atoms with van der Waals surface area (Å²) in [4.78, 5) is 18.1. The van der Waals surface area contributed by atoms with Gasteiger partial charge in [-0.05, 0) is 25.0 Å². The Morgan fingerprint density at radius 2 is 2.44 bits per heavy atom. The van der Waals surface area contributed by atoms with Gasteiger partial charge in [0, 0.05) is 18.8 Å². The molecule has 3 N–H and O–H groups in total. The van der Waals surface area contributed by atoms with Gasteiger partial charge in [-0.15, -0.1) is 0 Å². The lowest BCUT2D eigenvalue weighted by Gasteiger charge is -2.22. The minimum Gasteiger partial charge on any atom is -0.335 e. The molecule has 1 fully saturated rings. The Morgan fingerprint density at radius 3 is 3.06 bits per heavy atom. The van der Waals surface area contributed by atoms with Crippen molar-refractivity contribution in [3.05, 3.63) is 23.9 Å². The first-order valence-electron chi connectivity index (χ1n) is 5.87. The smallest absolute Gasteiger partial charge is 0.257 e. The molecule has 1 amide bonds. The zero-order valence-corrected chi connectivity index (χ0v) is 9.97. The van der Waals surface area contributed by atoms with Gasteiger partial charge in [0.1, 0.15) is 0 Å². The summed E-state index contributed by atoms with van der Waals surface area (Å²) in [6.07, 6.45) is 3.92. The number of hydrogen-bond acceptors (Lipinski definition) is 5. The van der Waals surface area contributed by atoms with Crippen LogP contribution in [0.1, 0.15) is 29.6 Å². The van der Waals surface area contributed by atoms with Gasteiger partial charge < -0.3 is 10.3 Å². The van der Waals surface area contributed by atoms with Crippen LogP contribution in [0.4, 0.5) is 5.82 Å². The standard InChI is InChI=1S/C12H15N5O/c13-6-2-8-17(9-4-5-9)12(18)10-3-1-7-15-11(10)16-14/h1,3,7,9H,2,4-5,8,14H2,(H,15,16). The number of carbonyl (C=O) groups is 1. The zero-order chi connectivity index (χ0) is 13.0. The summed E-state index contributed by atoms with van der Waals surface area (Å²) in [5, 5.41) is 8.64. The summed E-state index contributed by atoms with van der Waals surface area (Å²) >= 11 is 0. The van der Waals surface area contributed by atoms with Crippen LogP contribution in [0.25, 0.3) is 0 Å². The van der Waals surface area contributed by atoms with E-state index in [9.17, 15) is 4.79 Å². The first-order valence-corrected chi connectivity index (χ1v) is 5.87. The fourth-order valence-corrected chi connectivity index (χ4v) is 1.85. The number of hydrogen-bond donors (Lipinski definition) is 2. The van der Waals surface area contributed by atoms with Crippen molar-refractivity contribution in [3.63, 3.8) is 0 Å². The second kappa shape index (κ2) is 5.47. The average Bonchev–Trinajstić information content (AvgIpc) is 3.23. The maximum absolute atomic E-state index is 12.4. The predicted molar refractivity (Wildman–Crippen MR) is 66.3 cm³/mol. The van der Waals surface area contributed by atoms with Crippen LogP contribution in [0.5, 0.6) is 0 Å². The molecule has 1 aliphatic rings. The molecule has 1 heterocycles. The number of nitriles is 1. The number of amides is 1. The van der Waals surface area contributed by atoms with E-state index in [1.807, 2.05) is 0 Å². The fourth-order valence-electron chi connectivity index (χ4n) is 1.85. The third-order valence-electron chi connectivity index (χ3n) is 2.89. The molecule has 6 heteroatoms. The van der Waals surface area contributed by atoms with Gasteiger partial charge in [-0.25, -0.2) is 10.8 Å². The van der Waals surface area contributed by atoms with Gasteiger partial charge in [0.2, 0.25) is 0 Å². The lowest BCUT2D eigenvalue weighted by molar-refractivity contribution is 0.0747. The number of nitrogens with zero attached hydrogens (tertiary/aromatic N) is 3. The van der Waals surface area contributed by atoms with Crippen molar-refractivity contribution in [1.29, 1.82) is 5.26 Å². The van der Waals surface area contributed by atoms with Crippen molar-refractivity contribution in [2.24, 2.45) is 5.84 Å². The van der Waals surface area contributed by atoms with Gasteiger partial charge in [0.25, 0.3) is 5.91 Å². The van der Waals surface area contributed by atoms with Crippen LogP contribution in [0.2, 0.25) is 0 Å². The molecular weight excluding hydrogens is 230 g/mol. The Balaban J connectivity index is 2.19. The van der Waals surface area contributed by atoms with Crippen molar-refractivity contribution < 1.29 is 4.79 Å². The van der Waals surface area contributed by atoms with E-state index in [0.29, 0.717) is 24.3 Å². The number of anilines is 1. The van der Waals surface area contributed by atoms with E-state index in [4.69, 9.17) is 11.1 Å². The molecule has 1 aliphatic carbocycles. The van der Waals surface area contributed by atoms with Gasteiger partial charge in [0.15, 0.2) is 5.82 Å². The molecule has 0 atom stereocenters. The third-order valence-corrected chi connectivity index (χ3v) is 2.89. The van der Waals surface area contributed by atoms with Crippen LogP contribution in [0.15, 0.2) is 18.3 Å². The first-order chi connectivity index (χ1) is 8.77. The van der Waals surface area contributed by atoms with Crippen molar-refractivity contribution in [3.8, 4) is 6.07 Å². The number of nitrogen functional groups attached to an aromatic ring is 1. The molecule has 18 heavy (non-hydrogen) atoms. The van der Waals surface area contributed by atoms with E-state index in [1.54, 1.807) is 23.2 Å². The molecule has 0 spiro atoms. The molecule has 1 aromatic heterocycles. The molecule has 2 rings (SSSR count). The number of rotatable bonds is 5. The average molecular weight is 245 g/mol. The first kappa shape index (κ1) is 12.3. The monoisotopic (exact) mass is 245 g/mol. The van der Waals surface area contributed by atoms with Crippen LogP contribution in [0, 0.1) is 11.3 Å². The van der Waals surface area contributed by atoms with Crippen molar-refractivity contribution in [1.82, 2.24) is 9.88 Å². The minimum absolute atomic E-state index is 0.117. The van der Waals surface area contributed by atoms with Crippen molar-refractivity contribution in [2.45, 2.75) is 25.3 Å². The van der Waals surface area contributed by atoms with E-state index in [1.165, 1.54) is 0 Å². The lowest BCUT2D eigenvalue weighted by Crippen LogP contribution is -2.34. The SMILES string of the molecule is N#CCCN(C(=O)c1cccnc1NN)C1CC1. The molecule has 0 radical (unpaired) electrons. The summed E-state index contributed by atoms with van der Waals surface area (Å²) in [6.45, 7) is 0.457. The fraction of sp³-hybridized carbons (Fsp3) is 0.417. The van der Waals surface area contributed by atoms with Crippen molar-refractivity contribution in [2.75, 3.05) is 12.0 Å². The van der Waals surface area contributed by atoms with Crippen LogP contribution < -0.4 is 11.3 Å². The van der Waals surface area contributed by atoms with Gasteiger partial charge in [-0.1, -0.05) is 0 Å². The van der Waals surface area contributed by atoms with E-state index >= 15 is 0 Å².